The number of carboxylic acid groups (broad SMARTS) is 1. The van der Waals surface area contributed by atoms with Crippen molar-refractivity contribution < 1.29 is 14.6 Å². The predicted molar refractivity (Wildman–Crippen MR) is 60.9 cm³/mol. The zero-order valence-corrected chi connectivity index (χ0v) is 9.30. The number of rotatable bonds is 6. The number of carbonyl (C=O) groups is 1. The van der Waals surface area contributed by atoms with Gasteiger partial charge in [-0.15, -0.1) is 0 Å². The predicted octanol–water partition coefficient (Wildman–Crippen LogP) is 1.25. The third-order valence-corrected chi connectivity index (χ3v) is 2.39. The van der Waals surface area contributed by atoms with Crippen LogP contribution in [0.5, 0.6) is 0 Å². The molecule has 0 spiro atoms. The molecule has 1 rings (SSSR count). The monoisotopic (exact) mass is 223 g/mol. The molecule has 2 atom stereocenters. The van der Waals surface area contributed by atoms with E-state index >= 15 is 0 Å². The topological polar surface area (TPSA) is 72.5 Å². The van der Waals surface area contributed by atoms with Gasteiger partial charge < -0.3 is 15.6 Å². The molecule has 0 fully saturated rings. The van der Waals surface area contributed by atoms with E-state index in [9.17, 15) is 4.79 Å². The average Bonchev–Trinajstić information content (AvgIpc) is 2.29. The highest BCUT2D eigenvalue weighted by Crippen LogP contribution is 2.05. The number of hydrogen-bond acceptors (Lipinski definition) is 3. The molecular formula is C12H17NO3. The fourth-order valence-corrected chi connectivity index (χ4v) is 1.28. The molecule has 0 saturated carbocycles. The number of carboxylic acids is 1. The molecule has 1 aromatic carbocycles. The number of nitrogens with two attached hydrogens (primary N) is 1. The van der Waals surface area contributed by atoms with E-state index < -0.39 is 12.0 Å². The number of aliphatic carboxylic acids is 1. The molecule has 4 nitrogen and oxygen atoms in total. The van der Waals surface area contributed by atoms with Crippen LogP contribution in [0.3, 0.4) is 0 Å². The molecule has 88 valence electrons. The Morgan fingerprint density at radius 1 is 1.44 bits per heavy atom. The Hall–Kier alpha value is -1.39. The lowest BCUT2D eigenvalue weighted by molar-refractivity contribution is -0.140. The quantitative estimate of drug-likeness (QED) is 0.761. The van der Waals surface area contributed by atoms with Gasteiger partial charge >= 0.3 is 5.97 Å². The van der Waals surface area contributed by atoms with Crippen LogP contribution in [-0.4, -0.2) is 23.7 Å². The van der Waals surface area contributed by atoms with Crippen molar-refractivity contribution in [3.8, 4) is 0 Å². The smallest absolute Gasteiger partial charge is 0.320 e. The van der Waals surface area contributed by atoms with E-state index in [4.69, 9.17) is 15.6 Å². The van der Waals surface area contributed by atoms with Crippen molar-refractivity contribution in [1.82, 2.24) is 0 Å². The largest absolute Gasteiger partial charge is 0.480 e. The second-order valence-electron chi connectivity index (χ2n) is 3.84. The van der Waals surface area contributed by atoms with Crippen LogP contribution in [0.1, 0.15) is 12.5 Å². The van der Waals surface area contributed by atoms with Gasteiger partial charge in [0.15, 0.2) is 0 Å². The molecule has 0 aliphatic rings. The van der Waals surface area contributed by atoms with Gasteiger partial charge in [0.05, 0.1) is 13.2 Å². The van der Waals surface area contributed by atoms with Crippen LogP contribution >= 0.6 is 0 Å². The standard InChI is InChI=1S/C12H17NO3/c1-9(11(13)12(14)15)7-16-8-10-5-3-2-4-6-10/h2-6,9,11H,7-8,13H2,1H3,(H,14,15)/t9?,11-/m0/s1. The first-order valence-corrected chi connectivity index (χ1v) is 5.21. The Balaban J connectivity index is 2.28. The Morgan fingerprint density at radius 2 is 2.06 bits per heavy atom. The van der Waals surface area contributed by atoms with Crippen molar-refractivity contribution in [3.05, 3.63) is 35.9 Å². The minimum atomic E-state index is -0.990. The summed E-state index contributed by atoms with van der Waals surface area (Å²) < 4.78 is 5.41. The normalized spacial score (nSPS) is 14.4. The van der Waals surface area contributed by atoms with Crippen molar-refractivity contribution in [3.63, 3.8) is 0 Å². The highest BCUT2D eigenvalue weighted by Gasteiger charge is 2.19. The van der Waals surface area contributed by atoms with Crippen molar-refractivity contribution >= 4 is 5.97 Å². The van der Waals surface area contributed by atoms with Gasteiger partial charge in [-0.05, 0) is 5.56 Å². The molecule has 0 aliphatic heterocycles. The zero-order valence-electron chi connectivity index (χ0n) is 9.30. The van der Waals surface area contributed by atoms with Crippen LogP contribution < -0.4 is 5.73 Å². The van der Waals surface area contributed by atoms with E-state index in [1.807, 2.05) is 30.3 Å². The van der Waals surface area contributed by atoms with Crippen LogP contribution in [0.15, 0.2) is 30.3 Å². The third-order valence-electron chi connectivity index (χ3n) is 2.39. The fraction of sp³-hybridized carbons (Fsp3) is 0.417. The lowest BCUT2D eigenvalue weighted by Crippen LogP contribution is -2.38. The molecule has 3 N–H and O–H groups in total. The first-order chi connectivity index (χ1) is 7.61. The second kappa shape index (κ2) is 6.25. The number of hydrogen-bond donors (Lipinski definition) is 2. The van der Waals surface area contributed by atoms with Crippen molar-refractivity contribution in [2.24, 2.45) is 11.7 Å². The van der Waals surface area contributed by atoms with Gasteiger partial charge in [-0.3, -0.25) is 4.79 Å². The van der Waals surface area contributed by atoms with Gasteiger partial charge in [0.2, 0.25) is 0 Å². The Bertz CT molecular complexity index is 326. The van der Waals surface area contributed by atoms with E-state index in [0.717, 1.165) is 5.56 Å². The Labute approximate surface area is 95.0 Å². The summed E-state index contributed by atoms with van der Waals surface area (Å²) in [7, 11) is 0. The van der Waals surface area contributed by atoms with Gasteiger partial charge in [-0.1, -0.05) is 37.3 Å². The first kappa shape index (κ1) is 12.7. The molecule has 0 bridgehead atoms. The van der Waals surface area contributed by atoms with Crippen LogP contribution in [0.2, 0.25) is 0 Å². The molecule has 1 aromatic rings. The molecule has 0 heterocycles. The van der Waals surface area contributed by atoms with E-state index in [-0.39, 0.29) is 5.92 Å². The first-order valence-electron chi connectivity index (χ1n) is 5.21. The molecule has 4 heteroatoms. The van der Waals surface area contributed by atoms with E-state index in [2.05, 4.69) is 0 Å². The van der Waals surface area contributed by atoms with Crippen LogP contribution in [0.25, 0.3) is 0 Å². The van der Waals surface area contributed by atoms with E-state index in [1.54, 1.807) is 6.92 Å². The van der Waals surface area contributed by atoms with Gasteiger partial charge in [-0.25, -0.2) is 0 Å². The SMILES string of the molecule is CC(COCc1ccccc1)[C@H](N)C(=O)O. The maximum absolute atomic E-state index is 10.6. The molecule has 16 heavy (non-hydrogen) atoms. The average molecular weight is 223 g/mol. The minimum Gasteiger partial charge on any atom is -0.480 e. The second-order valence-corrected chi connectivity index (χ2v) is 3.84. The van der Waals surface area contributed by atoms with Crippen molar-refractivity contribution in [1.29, 1.82) is 0 Å². The molecule has 0 saturated heterocycles. The van der Waals surface area contributed by atoms with Crippen LogP contribution in [-0.2, 0) is 16.1 Å². The summed E-state index contributed by atoms with van der Waals surface area (Å²) in [5.41, 5.74) is 6.53. The van der Waals surface area contributed by atoms with Crippen LogP contribution in [0, 0.1) is 5.92 Å². The van der Waals surface area contributed by atoms with Gasteiger partial charge in [0, 0.05) is 5.92 Å². The molecule has 0 radical (unpaired) electrons. The lowest BCUT2D eigenvalue weighted by atomic mass is 10.0. The summed E-state index contributed by atoms with van der Waals surface area (Å²) >= 11 is 0. The molecule has 0 amide bonds. The summed E-state index contributed by atoms with van der Waals surface area (Å²) in [6.07, 6.45) is 0. The highest BCUT2D eigenvalue weighted by molar-refractivity contribution is 5.73. The summed E-state index contributed by atoms with van der Waals surface area (Å²) in [6, 6.07) is 8.86. The maximum Gasteiger partial charge on any atom is 0.320 e. The van der Waals surface area contributed by atoms with E-state index in [1.165, 1.54) is 0 Å². The molecule has 1 unspecified atom stereocenters. The zero-order chi connectivity index (χ0) is 12.0. The van der Waals surface area contributed by atoms with Gasteiger partial charge in [0.25, 0.3) is 0 Å². The third kappa shape index (κ3) is 4.00. The highest BCUT2D eigenvalue weighted by atomic mass is 16.5. The summed E-state index contributed by atoms with van der Waals surface area (Å²) in [5.74, 6) is -1.18. The van der Waals surface area contributed by atoms with Crippen molar-refractivity contribution in [2.75, 3.05) is 6.61 Å². The minimum absolute atomic E-state index is 0.193. The van der Waals surface area contributed by atoms with Crippen molar-refractivity contribution in [2.45, 2.75) is 19.6 Å². The molecule has 0 aromatic heterocycles. The van der Waals surface area contributed by atoms with Gasteiger partial charge in [-0.2, -0.15) is 0 Å². The van der Waals surface area contributed by atoms with E-state index in [0.29, 0.717) is 13.2 Å². The Morgan fingerprint density at radius 3 is 2.62 bits per heavy atom. The van der Waals surface area contributed by atoms with Crippen LogP contribution in [0.4, 0.5) is 0 Å². The maximum atomic E-state index is 10.6. The fourth-order valence-electron chi connectivity index (χ4n) is 1.28. The number of benzene rings is 1. The summed E-state index contributed by atoms with van der Waals surface area (Å²) in [5, 5.41) is 8.69. The Kier molecular flexibility index (Phi) is 4.95. The summed E-state index contributed by atoms with van der Waals surface area (Å²) in [4.78, 5) is 10.6. The van der Waals surface area contributed by atoms with Gasteiger partial charge in [0.1, 0.15) is 6.04 Å². The summed E-state index contributed by atoms with van der Waals surface area (Å²) in [6.45, 7) is 2.60. The molecular weight excluding hydrogens is 206 g/mol. The molecule has 0 aliphatic carbocycles. The number of ether oxygens (including phenoxy) is 1. The lowest BCUT2D eigenvalue weighted by Gasteiger charge is -2.15.